The van der Waals surface area contributed by atoms with E-state index < -0.39 is 0 Å². The van der Waals surface area contributed by atoms with Crippen LogP contribution in [0.3, 0.4) is 0 Å². The Labute approximate surface area is 126 Å². The van der Waals surface area contributed by atoms with Crippen LogP contribution in [0.5, 0.6) is 5.75 Å². The van der Waals surface area contributed by atoms with Gasteiger partial charge in [-0.05, 0) is 24.3 Å². The van der Waals surface area contributed by atoms with Gasteiger partial charge in [-0.15, -0.1) is 11.6 Å². The zero-order chi connectivity index (χ0) is 14.1. The zero-order valence-electron chi connectivity index (χ0n) is 10.8. The number of rotatable bonds is 3. The molecule has 0 aliphatic rings. The first kappa shape index (κ1) is 13.3. The Morgan fingerprint density at radius 2 is 1.95 bits per heavy atom. The van der Waals surface area contributed by atoms with Crippen molar-refractivity contribution in [3.63, 3.8) is 0 Å². The molecule has 3 aromatic rings. The number of nitrogens with zero attached hydrogens (tertiary/aromatic N) is 2. The molecule has 0 atom stereocenters. The molecule has 0 amide bonds. The number of para-hydroxylation sites is 3. The Bertz CT molecular complexity index is 768. The normalized spacial score (nSPS) is 10.9. The first-order chi connectivity index (χ1) is 9.76. The number of hydrogen-bond acceptors (Lipinski definition) is 2. The second-order valence-electron chi connectivity index (χ2n) is 4.28. The van der Waals surface area contributed by atoms with Crippen molar-refractivity contribution in [3.05, 3.63) is 53.3 Å². The molecule has 5 heteroatoms. The minimum Gasteiger partial charge on any atom is -0.495 e. The molecule has 0 N–H and O–H groups in total. The highest BCUT2D eigenvalue weighted by Crippen LogP contribution is 2.32. The third-order valence-electron chi connectivity index (χ3n) is 3.14. The Morgan fingerprint density at radius 1 is 1.15 bits per heavy atom. The lowest BCUT2D eigenvalue weighted by Crippen LogP contribution is -2.02. The summed E-state index contributed by atoms with van der Waals surface area (Å²) in [6.07, 6.45) is 0. The summed E-state index contributed by atoms with van der Waals surface area (Å²) < 4.78 is 7.37. The number of aromatic nitrogens is 2. The van der Waals surface area contributed by atoms with Gasteiger partial charge in [-0.3, -0.25) is 4.57 Å². The highest BCUT2D eigenvalue weighted by Gasteiger charge is 2.16. The van der Waals surface area contributed by atoms with Crippen LogP contribution in [-0.4, -0.2) is 16.7 Å². The van der Waals surface area contributed by atoms with Crippen LogP contribution >= 0.6 is 23.2 Å². The number of methoxy groups -OCH3 is 1. The molecule has 0 bridgehead atoms. The molecule has 20 heavy (non-hydrogen) atoms. The fourth-order valence-corrected chi connectivity index (χ4v) is 2.73. The fourth-order valence-electron chi connectivity index (χ4n) is 2.30. The van der Waals surface area contributed by atoms with Crippen molar-refractivity contribution in [1.29, 1.82) is 0 Å². The molecule has 3 rings (SSSR count). The van der Waals surface area contributed by atoms with E-state index in [1.807, 2.05) is 47.0 Å². The van der Waals surface area contributed by atoms with E-state index in [1.165, 1.54) is 0 Å². The van der Waals surface area contributed by atoms with Gasteiger partial charge in [0, 0.05) is 0 Å². The van der Waals surface area contributed by atoms with Gasteiger partial charge in [0.1, 0.15) is 11.6 Å². The maximum atomic E-state index is 6.33. The summed E-state index contributed by atoms with van der Waals surface area (Å²) in [5.41, 5.74) is 2.54. The molecule has 0 spiro atoms. The van der Waals surface area contributed by atoms with Crippen molar-refractivity contribution in [2.75, 3.05) is 7.11 Å². The maximum absolute atomic E-state index is 6.33. The van der Waals surface area contributed by atoms with Crippen LogP contribution in [0.4, 0.5) is 0 Å². The van der Waals surface area contributed by atoms with Crippen LogP contribution < -0.4 is 4.74 Å². The second kappa shape index (κ2) is 5.35. The topological polar surface area (TPSA) is 27.1 Å². The summed E-state index contributed by atoms with van der Waals surface area (Å²) in [7, 11) is 1.64. The first-order valence-electron chi connectivity index (χ1n) is 6.11. The van der Waals surface area contributed by atoms with Gasteiger partial charge < -0.3 is 4.74 Å². The third-order valence-corrected chi connectivity index (χ3v) is 3.69. The highest BCUT2D eigenvalue weighted by molar-refractivity contribution is 6.35. The Morgan fingerprint density at radius 3 is 2.70 bits per heavy atom. The van der Waals surface area contributed by atoms with Crippen molar-refractivity contribution in [1.82, 2.24) is 9.55 Å². The lowest BCUT2D eigenvalue weighted by Gasteiger charge is -2.12. The molecule has 0 radical (unpaired) electrons. The summed E-state index contributed by atoms with van der Waals surface area (Å²) in [6.45, 7) is 0. The molecule has 0 saturated heterocycles. The molecule has 0 saturated carbocycles. The van der Waals surface area contributed by atoms with E-state index in [9.17, 15) is 0 Å². The van der Waals surface area contributed by atoms with E-state index in [4.69, 9.17) is 27.9 Å². The fraction of sp³-hybridized carbons (Fsp3) is 0.133. The average Bonchev–Trinajstić information content (AvgIpc) is 2.87. The predicted octanol–water partition coefficient (Wildman–Crippen LogP) is 4.43. The Kier molecular flexibility index (Phi) is 3.55. The number of imidazole rings is 1. The summed E-state index contributed by atoms with van der Waals surface area (Å²) in [5.74, 6) is 1.78. The van der Waals surface area contributed by atoms with E-state index in [0.717, 1.165) is 28.3 Å². The zero-order valence-corrected chi connectivity index (χ0v) is 12.3. The van der Waals surface area contributed by atoms with E-state index >= 15 is 0 Å². The lowest BCUT2D eigenvalue weighted by atomic mass is 10.2. The third kappa shape index (κ3) is 2.03. The Balaban J connectivity index is 2.40. The molecule has 1 heterocycles. The highest BCUT2D eigenvalue weighted by atomic mass is 35.5. The van der Waals surface area contributed by atoms with Crippen LogP contribution in [0.25, 0.3) is 16.7 Å². The molecule has 0 unspecified atom stereocenters. The average molecular weight is 307 g/mol. The van der Waals surface area contributed by atoms with Crippen molar-refractivity contribution >= 4 is 34.2 Å². The number of fused-ring (bicyclic) bond motifs is 1. The van der Waals surface area contributed by atoms with Gasteiger partial charge in [0.05, 0.1) is 34.7 Å². The van der Waals surface area contributed by atoms with Gasteiger partial charge in [0.15, 0.2) is 0 Å². The van der Waals surface area contributed by atoms with Crippen LogP contribution in [0.2, 0.25) is 5.02 Å². The number of hydrogen-bond donors (Lipinski definition) is 0. The Hall–Kier alpha value is -1.71. The number of halogens is 2. The summed E-state index contributed by atoms with van der Waals surface area (Å²) >= 11 is 12.4. The number of alkyl halides is 1. The van der Waals surface area contributed by atoms with E-state index in [1.54, 1.807) is 7.11 Å². The molecule has 0 aliphatic heterocycles. The summed E-state index contributed by atoms with van der Waals surface area (Å²) in [4.78, 5) is 4.53. The van der Waals surface area contributed by atoms with Gasteiger partial charge in [0.25, 0.3) is 0 Å². The molecule has 2 aromatic carbocycles. The van der Waals surface area contributed by atoms with Gasteiger partial charge in [-0.2, -0.15) is 0 Å². The molecular formula is C15H12Cl2N2O. The molecular weight excluding hydrogens is 295 g/mol. The lowest BCUT2D eigenvalue weighted by molar-refractivity contribution is 0.413. The standard InChI is InChI=1S/C15H12Cl2N2O/c1-20-13-8-3-2-7-12(13)19-14(9-16)18-11-6-4-5-10(17)15(11)19/h2-8H,9H2,1H3. The van der Waals surface area contributed by atoms with Gasteiger partial charge in [0.2, 0.25) is 0 Å². The first-order valence-corrected chi connectivity index (χ1v) is 7.02. The molecule has 102 valence electrons. The summed E-state index contributed by atoms with van der Waals surface area (Å²) in [6, 6.07) is 13.4. The van der Waals surface area contributed by atoms with Crippen LogP contribution in [0, 0.1) is 0 Å². The van der Waals surface area contributed by atoms with Gasteiger partial charge >= 0.3 is 0 Å². The van der Waals surface area contributed by atoms with Crippen molar-refractivity contribution in [3.8, 4) is 11.4 Å². The summed E-state index contributed by atoms with van der Waals surface area (Å²) in [5, 5.41) is 0.636. The number of benzene rings is 2. The van der Waals surface area contributed by atoms with Crippen LogP contribution in [0.15, 0.2) is 42.5 Å². The van der Waals surface area contributed by atoms with Crippen molar-refractivity contribution in [2.45, 2.75) is 5.88 Å². The number of ether oxygens (including phenoxy) is 1. The van der Waals surface area contributed by atoms with Crippen LogP contribution in [-0.2, 0) is 5.88 Å². The van der Waals surface area contributed by atoms with Crippen molar-refractivity contribution < 1.29 is 4.74 Å². The minimum atomic E-state index is 0.295. The second-order valence-corrected chi connectivity index (χ2v) is 4.95. The largest absolute Gasteiger partial charge is 0.495 e. The molecule has 3 nitrogen and oxygen atoms in total. The van der Waals surface area contributed by atoms with Crippen LogP contribution in [0.1, 0.15) is 5.82 Å². The SMILES string of the molecule is COc1ccccc1-n1c(CCl)nc2cccc(Cl)c21. The minimum absolute atomic E-state index is 0.295. The molecule has 0 aliphatic carbocycles. The monoisotopic (exact) mass is 306 g/mol. The van der Waals surface area contributed by atoms with Gasteiger partial charge in [-0.25, -0.2) is 4.98 Å². The smallest absolute Gasteiger partial charge is 0.142 e. The quantitative estimate of drug-likeness (QED) is 0.669. The van der Waals surface area contributed by atoms with E-state index in [0.29, 0.717) is 10.9 Å². The molecule has 0 fully saturated rings. The maximum Gasteiger partial charge on any atom is 0.142 e. The molecule has 1 aromatic heterocycles. The van der Waals surface area contributed by atoms with E-state index in [-0.39, 0.29) is 0 Å². The predicted molar refractivity (Wildman–Crippen MR) is 82.2 cm³/mol. The van der Waals surface area contributed by atoms with Crippen molar-refractivity contribution in [2.24, 2.45) is 0 Å². The van der Waals surface area contributed by atoms with E-state index in [2.05, 4.69) is 4.98 Å². The van der Waals surface area contributed by atoms with Gasteiger partial charge in [-0.1, -0.05) is 29.8 Å².